The van der Waals surface area contributed by atoms with Gasteiger partial charge >= 0.3 is 5.97 Å². The topological polar surface area (TPSA) is 81.8 Å². The van der Waals surface area contributed by atoms with Crippen LogP contribution in [0.25, 0.3) is 0 Å². The van der Waals surface area contributed by atoms with E-state index in [1.165, 1.54) is 0 Å². The first kappa shape index (κ1) is 11.4. The number of esters is 1. The number of carbonyl (C=O) groups is 1. The summed E-state index contributed by atoms with van der Waals surface area (Å²) in [5.74, 6) is -0.596. The van der Waals surface area contributed by atoms with E-state index in [9.17, 15) is 9.90 Å². The summed E-state index contributed by atoms with van der Waals surface area (Å²) in [7, 11) is 0. The van der Waals surface area contributed by atoms with E-state index in [-0.39, 0.29) is 12.5 Å². The minimum atomic E-state index is -0.957. The Morgan fingerprint density at radius 2 is 2.50 bits per heavy atom. The van der Waals surface area contributed by atoms with E-state index in [0.29, 0.717) is 13.2 Å². The number of ether oxygens (including phenoxy) is 2. The van der Waals surface area contributed by atoms with Crippen molar-refractivity contribution < 1.29 is 19.4 Å². The molecule has 5 nitrogen and oxygen atoms in total. The molecular formula is C9H17NO4. The summed E-state index contributed by atoms with van der Waals surface area (Å²) in [6, 6.07) is -0.957. The monoisotopic (exact) mass is 203 g/mol. The van der Waals surface area contributed by atoms with E-state index in [1.54, 1.807) is 6.92 Å². The van der Waals surface area contributed by atoms with Crippen molar-refractivity contribution in [3.63, 3.8) is 0 Å². The van der Waals surface area contributed by atoms with E-state index in [2.05, 4.69) is 0 Å². The predicted molar refractivity (Wildman–Crippen MR) is 49.5 cm³/mol. The third-order valence-corrected chi connectivity index (χ3v) is 2.37. The Morgan fingerprint density at radius 1 is 1.79 bits per heavy atom. The van der Waals surface area contributed by atoms with Crippen LogP contribution in [0, 0.1) is 5.92 Å². The number of rotatable bonds is 4. The molecule has 0 aromatic carbocycles. The van der Waals surface area contributed by atoms with Crippen LogP contribution in [0.15, 0.2) is 0 Å². The molecule has 0 aromatic rings. The minimum Gasteiger partial charge on any atom is -0.465 e. The lowest BCUT2D eigenvalue weighted by molar-refractivity contribution is -0.148. The Balaban J connectivity index is 2.41. The molecule has 0 aliphatic carbocycles. The highest BCUT2D eigenvalue weighted by atomic mass is 16.5. The van der Waals surface area contributed by atoms with Gasteiger partial charge in [0.05, 0.1) is 19.3 Å². The van der Waals surface area contributed by atoms with Crippen LogP contribution in [0.3, 0.4) is 0 Å². The van der Waals surface area contributed by atoms with E-state index >= 15 is 0 Å². The summed E-state index contributed by atoms with van der Waals surface area (Å²) in [5, 5.41) is 9.71. The summed E-state index contributed by atoms with van der Waals surface area (Å²) in [5.41, 5.74) is 5.55. The molecule has 82 valence electrons. The SMILES string of the molecule is CCOC(=O)C(N)C(O)C1CCOC1. The summed E-state index contributed by atoms with van der Waals surface area (Å²) in [6.07, 6.45) is -0.120. The second-order valence-electron chi connectivity index (χ2n) is 3.39. The van der Waals surface area contributed by atoms with E-state index in [1.807, 2.05) is 0 Å². The quantitative estimate of drug-likeness (QED) is 0.589. The zero-order valence-corrected chi connectivity index (χ0v) is 8.31. The molecule has 0 bridgehead atoms. The molecule has 3 N–H and O–H groups in total. The summed E-state index contributed by atoms with van der Waals surface area (Å²) < 4.78 is 9.82. The van der Waals surface area contributed by atoms with Crippen molar-refractivity contribution in [1.29, 1.82) is 0 Å². The van der Waals surface area contributed by atoms with Gasteiger partial charge in [0.25, 0.3) is 0 Å². The Bertz CT molecular complexity index is 191. The second-order valence-corrected chi connectivity index (χ2v) is 3.39. The first-order valence-corrected chi connectivity index (χ1v) is 4.84. The molecule has 14 heavy (non-hydrogen) atoms. The fourth-order valence-corrected chi connectivity index (χ4v) is 1.49. The lowest BCUT2D eigenvalue weighted by Crippen LogP contribution is -2.46. The molecule has 0 radical (unpaired) electrons. The van der Waals surface area contributed by atoms with E-state index < -0.39 is 18.1 Å². The standard InChI is InChI=1S/C9H17NO4/c1-2-14-9(12)7(10)8(11)6-3-4-13-5-6/h6-8,11H,2-5,10H2,1H3. The highest BCUT2D eigenvalue weighted by Gasteiger charge is 2.33. The molecule has 0 saturated carbocycles. The Kier molecular flexibility index (Phi) is 4.31. The summed E-state index contributed by atoms with van der Waals surface area (Å²) in [4.78, 5) is 11.2. The van der Waals surface area contributed by atoms with Crippen LogP contribution >= 0.6 is 0 Å². The Morgan fingerprint density at radius 3 is 3.00 bits per heavy atom. The molecule has 3 atom stereocenters. The van der Waals surface area contributed by atoms with Crippen LogP contribution in [0.1, 0.15) is 13.3 Å². The summed E-state index contributed by atoms with van der Waals surface area (Å²) >= 11 is 0. The van der Waals surface area contributed by atoms with E-state index in [4.69, 9.17) is 15.2 Å². The number of aliphatic hydroxyl groups excluding tert-OH is 1. The number of hydrogen-bond donors (Lipinski definition) is 2. The number of aliphatic hydroxyl groups is 1. The lowest BCUT2D eigenvalue weighted by atomic mass is 9.96. The summed E-state index contributed by atoms with van der Waals surface area (Å²) in [6.45, 7) is 3.07. The van der Waals surface area contributed by atoms with Gasteiger partial charge in [-0.05, 0) is 13.3 Å². The molecule has 1 rings (SSSR count). The molecular weight excluding hydrogens is 186 g/mol. The maximum atomic E-state index is 11.2. The number of hydrogen-bond acceptors (Lipinski definition) is 5. The molecule has 1 aliphatic rings. The average molecular weight is 203 g/mol. The van der Waals surface area contributed by atoms with Crippen molar-refractivity contribution in [1.82, 2.24) is 0 Å². The average Bonchev–Trinajstić information content (AvgIpc) is 2.68. The van der Waals surface area contributed by atoms with Crippen molar-refractivity contribution >= 4 is 5.97 Å². The highest BCUT2D eigenvalue weighted by molar-refractivity contribution is 5.76. The molecule has 1 heterocycles. The smallest absolute Gasteiger partial charge is 0.325 e. The molecule has 0 aromatic heterocycles. The van der Waals surface area contributed by atoms with Gasteiger partial charge in [0.15, 0.2) is 0 Å². The normalized spacial score (nSPS) is 25.8. The molecule has 0 amide bonds. The fraction of sp³-hybridized carbons (Fsp3) is 0.889. The zero-order valence-electron chi connectivity index (χ0n) is 8.31. The van der Waals surface area contributed by atoms with Crippen LogP contribution in [0.5, 0.6) is 0 Å². The predicted octanol–water partition coefficient (Wildman–Crippen LogP) is -0.726. The third-order valence-electron chi connectivity index (χ3n) is 2.37. The van der Waals surface area contributed by atoms with Crippen molar-refractivity contribution in [2.75, 3.05) is 19.8 Å². The van der Waals surface area contributed by atoms with Crippen molar-refractivity contribution in [2.45, 2.75) is 25.5 Å². The van der Waals surface area contributed by atoms with Gasteiger partial charge in [0, 0.05) is 12.5 Å². The van der Waals surface area contributed by atoms with Gasteiger partial charge in [-0.1, -0.05) is 0 Å². The molecule has 1 fully saturated rings. The molecule has 5 heteroatoms. The first-order chi connectivity index (χ1) is 6.66. The van der Waals surface area contributed by atoms with Gasteiger partial charge in [0.2, 0.25) is 0 Å². The van der Waals surface area contributed by atoms with Gasteiger partial charge in [-0.25, -0.2) is 0 Å². The van der Waals surface area contributed by atoms with Crippen LogP contribution in [-0.2, 0) is 14.3 Å². The molecule has 3 unspecified atom stereocenters. The van der Waals surface area contributed by atoms with Gasteiger partial charge in [-0.2, -0.15) is 0 Å². The van der Waals surface area contributed by atoms with Gasteiger partial charge < -0.3 is 20.3 Å². The zero-order chi connectivity index (χ0) is 10.6. The van der Waals surface area contributed by atoms with Crippen LogP contribution < -0.4 is 5.73 Å². The largest absolute Gasteiger partial charge is 0.465 e. The van der Waals surface area contributed by atoms with Crippen molar-refractivity contribution in [3.8, 4) is 0 Å². The maximum Gasteiger partial charge on any atom is 0.325 e. The highest BCUT2D eigenvalue weighted by Crippen LogP contribution is 2.18. The number of nitrogens with two attached hydrogens (primary N) is 1. The molecule has 0 spiro atoms. The van der Waals surface area contributed by atoms with Crippen molar-refractivity contribution in [2.24, 2.45) is 11.7 Å². The second kappa shape index (κ2) is 5.29. The van der Waals surface area contributed by atoms with Crippen LogP contribution in [0.4, 0.5) is 0 Å². The first-order valence-electron chi connectivity index (χ1n) is 4.84. The lowest BCUT2D eigenvalue weighted by Gasteiger charge is -2.21. The third kappa shape index (κ3) is 2.67. The van der Waals surface area contributed by atoms with Gasteiger partial charge in [-0.15, -0.1) is 0 Å². The van der Waals surface area contributed by atoms with Gasteiger partial charge in [0.1, 0.15) is 6.04 Å². The maximum absolute atomic E-state index is 11.2. The van der Waals surface area contributed by atoms with Crippen LogP contribution in [0.2, 0.25) is 0 Å². The Hall–Kier alpha value is -0.650. The fourth-order valence-electron chi connectivity index (χ4n) is 1.49. The van der Waals surface area contributed by atoms with Crippen molar-refractivity contribution in [3.05, 3.63) is 0 Å². The minimum absolute atomic E-state index is 0.0468. The molecule has 1 aliphatic heterocycles. The van der Waals surface area contributed by atoms with Crippen LogP contribution in [-0.4, -0.2) is 43.0 Å². The molecule has 1 saturated heterocycles. The van der Waals surface area contributed by atoms with Gasteiger partial charge in [-0.3, -0.25) is 4.79 Å². The van der Waals surface area contributed by atoms with E-state index in [0.717, 1.165) is 6.42 Å². The Labute approximate surface area is 83.2 Å². The number of carbonyl (C=O) groups excluding carboxylic acids is 1.